The molecule has 98 valence electrons. The van der Waals surface area contributed by atoms with Gasteiger partial charge in [0.1, 0.15) is 0 Å². The molecule has 1 atom stereocenters. The largest absolute Gasteiger partial charge is 0.378 e. The van der Waals surface area contributed by atoms with Crippen LogP contribution in [0.4, 0.5) is 5.69 Å². The monoisotopic (exact) mass is 363 g/mol. The normalized spacial score (nSPS) is 20.1. The lowest BCUT2D eigenvalue weighted by Gasteiger charge is -2.29. The van der Waals surface area contributed by atoms with Crippen LogP contribution in [0.5, 0.6) is 0 Å². The number of nitrogens with one attached hydrogen (secondary N) is 1. The molecule has 2 aromatic rings. The van der Waals surface area contributed by atoms with Gasteiger partial charge in [-0.05, 0) is 69.8 Å². The van der Waals surface area contributed by atoms with Gasteiger partial charge in [-0.25, -0.2) is 0 Å². The number of benzene rings is 2. The second-order valence-electron chi connectivity index (χ2n) is 5.95. The fraction of sp³-hybridized carbons (Fsp3) is 0.294. The summed E-state index contributed by atoms with van der Waals surface area (Å²) in [6.45, 7) is 4.69. The maximum absolute atomic E-state index is 3.71. The SMILES string of the molecule is CC1(C)Cc2ccccc2C1Nc1ccc(I)cc1. The minimum atomic E-state index is 0.257. The van der Waals surface area contributed by atoms with E-state index in [2.05, 4.69) is 90.3 Å². The van der Waals surface area contributed by atoms with E-state index < -0.39 is 0 Å². The minimum Gasteiger partial charge on any atom is -0.378 e. The van der Waals surface area contributed by atoms with Crippen LogP contribution in [0.25, 0.3) is 0 Å². The third kappa shape index (κ3) is 2.50. The van der Waals surface area contributed by atoms with Gasteiger partial charge in [0, 0.05) is 9.26 Å². The average Bonchev–Trinajstić information content (AvgIpc) is 2.63. The zero-order valence-corrected chi connectivity index (χ0v) is 13.4. The lowest BCUT2D eigenvalue weighted by Crippen LogP contribution is -2.24. The number of fused-ring (bicyclic) bond motifs is 1. The van der Waals surface area contributed by atoms with Gasteiger partial charge in [-0.3, -0.25) is 0 Å². The molecule has 0 amide bonds. The maximum atomic E-state index is 3.71. The van der Waals surface area contributed by atoms with Crippen molar-refractivity contribution in [1.29, 1.82) is 0 Å². The number of hydrogen-bond acceptors (Lipinski definition) is 1. The van der Waals surface area contributed by atoms with Crippen LogP contribution < -0.4 is 5.32 Å². The molecule has 0 aliphatic heterocycles. The van der Waals surface area contributed by atoms with Crippen LogP contribution >= 0.6 is 22.6 Å². The molecule has 2 heteroatoms. The zero-order valence-electron chi connectivity index (χ0n) is 11.3. The van der Waals surface area contributed by atoms with Crippen molar-refractivity contribution in [2.24, 2.45) is 5.41 Å². The molecule has 0 spiro atoms. The van der Waals surface area contributed by atoms with Gasteiger partial charge in [0.15, 0.2) is 0 Å². The van der Waals surface area contributed by atoms with Crippen LogP contribution in [0.2, 0.25) is 0 Å². The van der Waals surface area contributed by atoms with Crippen molar-refractivity contribution in [2.75, 3.05) is 5.32 Å². The highest BCUT2D eigenvalue weighted by Gasteiger charge is 2.38. The summed E-state index contributed by atoms with van der Waals surface area (Å²) >= 11 is 2.34. The van der Waals surface area contributed by atoms with Crippen molar-refractivity contribution in [3.05, 3.63) is 63.2 Å². The van der Waals surface area contributed by atoms with Gasteiger partial charge in [-0.2, -0.15) is 0 Å². The first-order chi connectivity index (χ1) is 9.06. The van der Waals surface area contributed by atoms with Gasteiger partial charge < -0.3 is 5.32 Å². The van der Waals surface area contributed by atoms with E-state index in [4.69, 9.17) is 0 Å². The summed E-state index contributed by atoms with van der Waals surface area (Å²) in [5, 5.41) is 3.71. The molecule has 3 rings (SSSR count). The second-order valence-corrected chi connectivity index (χ2v) is 7.19. The molecule has 0 radical (unpaired) electrons. The molecular weight excluding hydrogens is 345 g/mol. The summed E-state index contributed by atoms with van der Waals surface area (Å²) in [5.41, 5.74) is 4.39. The Labute approximate surface area is 128 Å². The van der Waals surface area contributed by atoms with Gasteiger partial charge in [0.2, 0.25) is 0 Å². The Morgan fingerprint density at radius 1 is 1.05 bits per heavy atom. The summed E-state index contributed by atoms with van der Waals surface area (Å²) in [5.74, 6) is 0. The van der Waals surface area contributed by atoms with Gasteiger partial charge >= 0.3 is 0 Å². The third-order valence-electron chi connectivity index (χ3n) is 3.95. The molecule has 1 aliphatic carbocycles. The molecule has 1 nitrogen and oxygen atoms in total. The summed E-state index contributed by atoms with van der Waals surface area (Å²) in [6, 6.07) is 17.8. The summed E-state index contributed by atoms with van der Waals surface area (Å²) in [7, 11) is 0. The Hall–Kier alpha value is -1.03. The van der Waals surface area contributed by atoms with E-state index in [1.54, 1.807) is 0 Å². The van der Waals surface area contributed by atoms with E-state index in [0.717, 1.165) is 6.42 Å². The lowest BCUT2D eigenvalue weighted by molar-refractivity contribution is 0.337. The van der Waals surface area contributed by atoms with Crippen LogP contribution in [0, 0.1) is 8.99 Å². The number of rotatable bonds is 2. The van der Waals surface area contributed by atoms with E-state index in [0.29, 0.717) is 6.04 Å². The van der Waals surface area contributed by atoms with Crippen LogP contribution in [0.1, 0.15) is 31.0 Å². The molecule has 0 fully saturated rings. The first-order valence-corrected chi connectivity index (χ1v) is 7.74. The van der Waals surface area contributed by atoms with E-state index in [9.17, 15) is 0 Å². The van der Waals surface area contributed by atoms with Gasteiger partial charge in [-0.1, -0.05) is 38.1 Å². The fourth-order valence-corrected chi connectivity index (χ4v) is 3.34. The highest BCUT2D eigenvalue weighted by atomic mass is 127. The van der Waals surface area contributed by atoms with E-state index in [1.165, 1.54) is 20.4 Å². The topological polar surface area (TPSA) is 12.0 Å². The molecule has 19 heavy (non-hydrogen) atoms. The van der Waals surface area contributed by atoms with Crippen molar-refractivity contribution < 1.29 is 0 Å². The number of halogens is 1. The van der Waals surface area contributed by atoms with Crippen molar-refractivity contribution in [3.63, 3.8) is 0 Å². The molecule has 0 saturated heterocycles. The van der Waals surface area contributed by atoms with Gasteiger partial charge in [0.25, 0.3) is 0 Å². The molecule has 2 aromatic carbocycles. The number of hydrogen-bond donors (Lipinski definition) is 1. The zero-order chi connectivity index (χ0) is 13.5. The highest BCUT2D eigenvalue weighted by molar-refractivity contribution is 14.1. The first kappa shape index (κ1) is 13.0. The maximum Gasteiger partial charge on any atom is 0.0570 e. The van der Waals surface area contributed by atoms with Crippen molar-refractivity contribution in [3.8, 4) is 0 Å². The lowest BCUT2D eigenvalue weighted by atomic mass is 9.85. The first-order valence-electron chi connectivity index (χ1n) is 6.66. The smallest absolute Gasteiger partial charge is 0.0570 e. The molecule has 0 saturated carbocycles. The Morgan fingerprint density at radius 3 is 2.47 bits per heavy atom. The summed E-state index contributed by atoms with van der Waals surface area (Å²) in [4.78, 5) is 0. The van der Waals surface area contributed by atoms with Crippen LogP contribution in [-0.2, 0) is 6.42 Å². The predicted octanol–water partition coefficient (Wildman–Crippen LogP) is 5.03. The second kappa shape index (κ2) is 4.82. The molecule has 1 unspecified atom stereocenters. The minimum absolute atomic E-state index is 0.257. The van der Waals surface area contributed by atoms with Crippen molar-refractivity contribution in [2.45, 2.75) is 26.3 Å². The molecular formula is C17H18IN. The molecule has 0 aromatic heterocycles. The van der Waals surface area contributed by atoms with E-state index >= 15 is 0 Å². The number of anilines is 1. The van der Waals surface area contributed by atoms with Crippen LogP contribution in [0.15, 0.2) is 48.5 Å². The predicted molar refractivity (Wildman–Crippen MR) is 89.4 cm³/mol. The molecule has 1 aliphatic rings. The Balaban J connectivity index is 1.93. The Bertz CT molecular complexity index is 586. The van der Waals surface area contributed by atoms with Crippen molar-refractivity contribution in [1.82, 2.24) is 0 Å². The van der Waals surface area contributed by atoms with Gasteiger partial charge in [-0.15, -0.1) is 0 Å². The summed E-state index contributed by atoms with van der Waals surface area (Å²) < 4.78 is 1.27. The van der Waals surface area contributed by atoms with E-state index in [1.807, 2.05) is 0 Å². The molecule has 0 bridgehead atoms. The standard InChI is InChI=1S/C17H18IN/c1-17(2)11-12-5-3-4-6-15(12)16(17)19-14-9-7-13(18)8-10-14/h3-10,16,19H,11H2,1-2H3. The third-order valence-corrected chi connectivity index (χ3v) is 4.67. The van der Waals surface area contributed by atoms with E-state index in [-0.39, 0.29) is 5.41 Å². The average molecular weight is 363 g/mol. The quantitative estimate of drug-likeness (QED) is 0.739. The van der Waals surface area contributed by atoms with Crippen LogP contribution in [-0.4, -0.2) is 0 Å². The summed E-state index contributed by atoms with van der Waals surface area (Å²) in [6.07, 6.45) is 1.14. The van der Waals surface area contributed by atoms with Crippen LogP contribution in [0.3, 0.4) is 0 Å². The Morgan fingerprint density at radius 2 is 1.74 bits per heavy atom. The Kier molecular flexibility index (Phi) is 3.29. The van der Waals surface area contributed by atoms with Crippen molar-refractivity contribution >= 4 is 28.3 Å². The van der Waals surface area contributed by atoms with Gasteiger partial charge in [0.05, 0.1) is 6.04 Å². The molecule has 1 N–H and O–H groups in total. The fourth-order valence-electron chi connectivity index (χ4n) is 2.98. The highest BCUT2D eigenvalue weighted by Crippen LogP contribution is 2.46. The molecule has 0 heterocycles.